The summed E-state index contributed by atoms with van der Waals surface area (Å²) in [5.41, 5.74) is 19.2. The van der Waals surface area contributed by atoms with Gasteiger partial charge >= 0.3 is 0 Å². The first kappa shape index (κ1) is 27.3. The fourth-order valence-corrected chi connectivity index (χ4v) is 5.59. The maximum atomic E-state index is 14.2. The predicted octanol–water partition coefficient (Wildman–Crippen LogP) is 4.33. The Bertz CT molecular complexity index is 1390. The number of fused-ring (bicyclic) bond motifs is 3. The second kappa shape index (κ2) is 10.9. The van der Waals surface area contributed by atoms with E-state index < -0.39 is 11.8 Å². The zero-order valence-electron chi connectivity index (χ0n) is 22.0. The molecular formula is C29H36FN5O3. The van der Waals surface area contributed by atoms with Crippen LogP contribution in [0.1, 0.15) is 73.2 Å². The Hall–Kier alpha value is -3.72. The van der Waals surface area contributed by atoms with Crippen molar-refractivity contribution in [2.24, 2.45) is 22.6 Å². The number of anilines is 1. The molecule has 2 heterocycles. The minimum absolute atomic E-state index is 0.0163. The number of halogens is 1. The summed E-state index contributed by atoms with van der Waals surface area (Å²) < 4.78 is 15.9. The van der Waals surface area contributed by atoms with Crippen LogP contribution < -0.4 is 22.5 Å². The Morgan fingerprint density at radius 1 is 1.05 bits per heavy atom. The number of hydrogen-bond donors (Lipinski definition) is 4. The predicted molar refractivity (Wildman–Crippen MR) is 147 cm³/mol. The molecule has 5 rings (SSSR count). The van der Waals surface area contributed by atoms with Crippen molar-refractivity contribution < 1.29 is 18.8 Å². The highest BCUT2D eigenvalue weighted by atomic mass is 19.1. The van der Waals surface area contributed by atoms with E-state index in [1.165, 1.54) is 31.4 Å². The second-order valence-electron chi connectivity index (χ2n) is 11.0. The Kier molecular flexibility index (Phi) is 7.87. The third-order valence-corrected chi connectivity index (χ3v) is 7.29. The summed E-state index contributed by atoms with van der Waals surface area (Å²) in [6.07, 6.45) is 6.82. The van der Waals surface area contributed by atoms with E-state index in [9.17, 15) is 18.8 Å². The van der Waals surface area contributed by atoms with Crippen LogP contribution in [0.25, 0.3) is 22.0 Å². The third kappa shape index (κ3) is 5.72. The number of carbonyl (C=O) groups is 3. The molecule has 1 aliphatic carbocycles. The zero-order valence-corrected chi connectivity index (χ0v) is 22.0. The molecule has 0 saturated heterocycles. The lowest BCUT2D eigenvalue weighted by Crippen LogP contribution is -2.31. The quantitative estimate of drug-likeness (QED) is 0.395. The molecule has 0 radical (unpaired) electrons. The van der Waals surface area contributed by atoms with Gasteiger partial charge in [0.1, 0.15) is 5.82 Å². The van der Waals surface area contributed by atoms with Crippen LogP contribution in [0.3, 0.4) is 0 Å². The molecule has 0 spiro atoms. The Morgan fingerprint density at radius 3 is 2.37 bits per heavy atom. The molecule has 2 aliphatic rings. The minimum atomic E-state index is -0.470. The van der Waals surface area contributed by atoms with Gasteiger partial charge in [0.15, 0.2) is 0 Å². The summed E-state index contributed by atoms with van der Waals surface area (Å²) >= 11 is 0. The highest BCUT2D eigenvalue weighted by molar-refractivity contribution is 6.06. The summed E-state index contributed by atoms with van der Waals surface area (Å²) in [5, 5.41) is 4.40. The van der Waals surface area contributed by atoms with E-state index in [1.54, 1.807) is 16.7 Å². The van der Waals surface area contributed by atoms with E-state index in [2.05, 4.69) is 24.9 Å². The molecule has 1 fully saturated rings. The van der Waals surface area contributed by atoms with Crippen LogP contribution in [0.5, 0.6) is 0 Å². The first-order valence-electron chi connectivity index (χ1n) is 13.1. The van der Waals surface area contributed by atoms with Crippen LogP contribution in [0.4, 0.5) is 10.1 Å². The highest BCUT2D eigenvalue weighted by Crippen LogP contribution is 2.43. The van der Waals surface area contributed by atoms with Gasteiger partial charge in [-0.05, 0) is 60.6 Å². The molecule has 1 saturated carbocycles. The van der Waals surface area contributed by atoms with Crippen LogP contribution >= 0.6 is 0 Å². The largest absolute Gasteiger partial charge is 0.382 e. The van der Waals surface area contributed by atoms with Gasteiger partial charge in [-0.3, -0.25) is 19.0 Å². The molecule has 0 unspecified atom stereocenters. The molecule has 0 atom stereocenters. The van der Waals surface area contributed by atoms with E-state index in [1.807, 2.05) is 12.1 Å². The van der Waals surface area contributed by atoms with Crippen molar-refractivity contribution in [3.63, 3.8) is 0 Å². The van der Waals surface area contributed by atoms with Crippen molar-refractivity contribution >= 4 is 34.3 Å². The van der Waals surface area contributed by atoms with Gasteiger partial charge in [0, 0.05) is 34.8 Å². The molecule has 1 aliphatic heterocycles. The molecule has 9 heteroatoms. The average molecular weight is 522 g/mol. The Morgan fingerprint density at radius 2 is 1.74 bits per heavy atom. The SMILES string of the molecule is CC1(C)CC(=O)n2c(c(-c3ccc(C(N)=O)c(NC4CCCCC4)c3)c3ccc(F)cc32)C1.NCC(N)=O. The van der Waals surface area contributed by atoms with Crippen LogP contribution in [-0.4, -0.2) is 34.9 Å². The van der Waals surface area contributed by atoms with E-state index in [-0.39, 0.29) is 23.7 Å². The fraction of sp³-hybridized carbons (Fsp3) is 0.414. The van der Waals surface area contributed by atoms with Crippen molar-refractivity contribution in [3.05, 3.63) is 53.5 Å². The van der Waals surface area contributed by atoms with Crippen molar-refractivity contribution in [2.45, 2.75) is 64.8 Å². The van der Waals surface area contributed by atoms with Crippen molar-refractivity contribution in [2.75, 3.05) is 11.9 Å². The van der Waals surface area contributed by atoms with Gasteiger partial charge in [0.2, 0.25) is 11.8 Å². The number of benzene rings is 2. The monoisotopic (exact) mass is 521 g/mol. The van der Waals surface area contributed by atoms with Gasteiger partial charge in [-0.15, -0.1) is 0 Å². The standard InChI is InChI=1S/C27H30FN3O2.C2H6N2O/c1-27(2)14-23-25(20-11-9-17(28)13-22(20)31(23)24(32)15-27)16-8-10-19(26(29)33)21(12-16)30-18-6-4-3-5-7-18;3-1-2(4)5/h8-13,18,30H,3-7,14-15H2,1-2H3,(H2,29,33);1,3H2,(H2,4,5). The van der Waals surface area contributed by atoms with Gasteiger partial charge in [-0.2, -0.15) is 0 Å². The number of nitrogens with two attached hydrogens (primary N) is 3. The van der Waals surface area contributed by atoms with E-state index in [0.717, 1.165) is 40.7 Å². The van der Waals surface area contributed by atoms with Gasteiger partial charge in [0.25, 0.3) is 5.91 Å². The molecule has 3 aromatic rings. The van der Waals surface area contributed by atoms with Crippen LogP contribution in [0, 0.1) is 11.2 Å². The smallest absolute Gasteiger partial charge is 0.250 e. The minimum Gasteiger partial charge on any atom is -0.382 e. The summed E-state index contributed by atoms with van der Waals surface area (Å²) in [7, 11) is 0. The number of carbonyl (C=O) groups excluding carboxylic acids is 3. The average Bonchev–Trinajstić information content (AvgIpc) is 3.17. The molecule has 8 nitrogen and oxygen atoms in total. The van der Waals surface area contributed by atoms with Crippen LogP contribution in [0.2, 0.25) is 0 Å². The molecule has 38 heavy (non-hydrogen) atoms. The van der Waals surface area contributed by atoms with Crippen molar-refractivity contribution in [3.8, 4) is 11.1 Å². The topological polar surface area (TPSA) is 146 Å². The first-order chi connectivity index (χ1) is 18.0. The number of nitrogens with zero attached hydrogens (tertiary/aromatic N) is 1. The van der Waals surface area contributed by atoms with Gasteiger partial charge < -0.3 is 22.5 Å². The molecule has 202 valence electrons. The van der Waals surface area contributed by atoms with Gasteiger partial charge in [-0.1, -0.05) is 39.2 Å². The summed E-state index contributed by atoms with van der Waals surface area (Å²) in [6.45, 7) is 4.12. The summed E-state index contributed by atoms with van der Waals surface area (Å²) in [5.74, 6) is -1.32. The summed E-state index contributed by atoms with van der Waals surface area (Å²) in [6, 6.07) is 10.6. The Balaban J connectivity index is 0.000000617. The normalized spacial score (nSPS) is 16.9. The van der Waals surface area contributed by atoms with Crippen molar-refractivity contribution in [1.82, 2.24) is 4.57 Å². The van der Waals surface area contributed by atoms with E-state index >= 15 is 0 Å². The van der Waals surface area contributed by atoms with Crippen molar-refractivity contribution in [1.29, 1.82) is 0 Å². The van der Waals surface area contributed by atoms with Crippen LogP contribution in [-0.2, 0) is 11.2 Å². The number of nitrogens with one attached hydrogen (secondary N) is 1. The number of aromatic nitrogens is 1. The molecule has 7 N–H and O–H groups in total. The van der Waals surface area contributed by atoms with Gasteiger partial charge in [0.05, 0.1) is 17.6 Å². The lowest BCUT2D eigenvalue weighted by molar-refractivity contribution is -0.116. The first-order valence-corrected chi connectivity index (χ1v) is 13.1. The Labute approximate surface area is 221 Å². The van der Waals surface area contributed by atoms with E-state index in [0.29, 0.717) is 30.0 Å². The molecular weight excluding hydrogens is 485 g/mol. The zero-order chi connectivity index (χ0) is 27.6. The number of primary amides is 2. The molecule has 2 amide bonds. The van der Waals surface area contributed by atoms with Crippen LogP contribution in [0.15, 0.2) is 36.4 Å². The number of hydrogen-bond acceptors (Lipinski definition) is 5. The number of amides is 2. The lowest BCUT2D eigenvalue weighted by atomic mass is 9.80. The lowest BCUT2D eigenvalue weighted by Gasteiger charge is -2.30. The van der Waals surface area contributed by atoms with E-state index in [4.69, 9.17) is 11.5 Å². The maximum Gasteiger partial charge on any atom is 0.250 e. The molecule has 0 bridgehead atoms. The molecule has 2 aromatic carbocycles. The highest BCUT2D eigenvalue weighted by Gasteiger charge is 2.35. The summed E-state index contributed by atoms with van der Waals surface area (Å²) in [4.78, 5) is 34.7. The molecule has 1 aromatic heterocycles. The maximum absolute atomic E-state index is 14.2. The number of rotatable bonds is 5. The second-order valence-corrected chi connectivity index (χ2v) is 11.0. The fourth-order valence-electron chi connectivity index (χ4n) is 5.59. The third-order valence-electron chi connectivity index (χ3n) is 7.29. The van der Waals surface area contributed by atoms with Gasteiger partial charge in [-0.25, -0.2) is 4.39 Å².